The second-order valence-corrected chi connectivity index (χ2v) is 4.26. The predicted molar refractivity (Wildman–Crippen MR) is 61.9 cm³/mol. The van der Waals surface area contributed by atoms with Crippen molar-refractivity contribution in [1.82, 2.24) is 0 Å². The zero-order valence-corrected chi connectivity index (χ0v) is 9.07. The first-order chi connectivity index (χ1) is 7.24. The average molecular weight is 200 g/mol. The van der Waals surface area contributed by atoms with Crippen LogP contribution in [0, 0.1) is 11.8 Å². The maximum absolute atomic E-state index is 12.2. The van der Waals surface area contributed by atoms with E-state index in [0.29, 0.717) is 5.78 Å². The number of fused-ring (bicyclic) bond motifs is 1. The van der Waals surface area contributed by atoms with Gasteiger partial charge < -0.3 is 0 Å². The molecule has 1 aliphatic carbocycles. The molecule has 1 nitrogen and oxygen atoms in total. The zero-order valence-electron chi connectivity index (χ0n) is 9.07. The quantitative estimate of drug-likeness (QED) is 0.670. The van der Waals surface area contributed by atoms with Crippen LogP contribution in [0.3, 0.4) is 0 Å². The Balaban J connectivity index is 2.33. The molecule has 0 saturated heterocycles. The lowest BCUT2D eigenvalue weighted by atomic mass is 9.77. The highest BCUT2D eigenvalue weighted by atomic mass is 16.1. The van der Waals surface area contributed by atoms with Crippen molar-refractivity contribution in [2.45, 2.75) is 19.8 Å². The first-order valence-corrected chi connectivity index (χ1v) is 5.48. The van der Waals surface area contributed by atoms with Crippen LogP contribution in [0.4, 0.5) is 0 Å². The smallest absolute Gasteiger partial charge is 0.166 e. The largest absolute Gasteiger partial charge is 0.294 e. The Hall–Kier alpha value is -1.37. The maximum atomic E-state index is 12.2. The number of benzene rings is 1. The van der Waals surface area contributed by atoms with Gasteiger partial charge in [0, 0.05) is 11.5 Å². The fraction of sp³-hybridized carbons (Fsp3) is 0.357. The van der Waals surface area contributed by atoms with E-state index in [1.54, 1.807) is 0 Å². The van der Waals surface area contributed by atoms with Crippen LogP contribution in [0.1, 0.15) is 29.3 Å². The van der Waals surface area contributed by atoms with E-state index in [2.05, 4.69) is 19.6 Å². The van der Waals surface area contributed by atoms with Gasteiger partial charge in [-0.05, 0) is 24.3 Å². The summed E-state index contributed by atoms with van der Waals surface area (Å²) in [6.07, 6.45) is 3.87. The Labute approximate surface area is 90.8 Å². The summed E-state index contributed by atoms with van der Waals surface area (Å²) in [5.41, 5.74) is 2.12. The van der Waals surface area contributed by atoms with Gasteiger partial charge in [-0.25, -0.2) is 0 Å². The Kier molecular flexibility index (Phi) is 2.72. The summed E-state index contributed by atoms with van der Waals surface area (Å²) >= 11 is 0. The monoisotopic (exact) mass is 200 g/mol. The molecule has 78 valence electrons. The van der Waals surface area contributed by atoms with E-state index in [1.807, 2.05) is 24.3 Å². The van der Waals surface area contributed by atoms with Gasteiger partial charge >= 0.3 is 0 Å². The van der Waals surface area contributed by atoms with E-state index in [0.717, 1.165) is 18.4 Å². The van der Waals surface area contributed by atoms with Crippen LogP contribution < -0.4 is 0 Å². The van der Waals surface area contributed by atoms with Crippen molar-refractivity contribution in [3.05, 3.63) is 48.0 Å². The number of aryl methyl sites for hydroxylation is 1. The van der Waals surface area contributed by atoms with Crippen LogP contribution in [0.5, 0.6) is 0 Å². The van der Waals surface area contributed by atoms with Crippen LogP contribution in [0.2, 0.25) is 0 Å². The summed E-state index contributed by atoms with van der Waals surface area (Å²) in [4.78, 5) is 12.2. The summed E-state index contributed by atoms with van der Waals surface area (Å²) in [6, 6.07) is 7.95. The molecule has 2 rings (SSSR count). The van der Waals surface area contributed by atoms with Gasteiger partial charge in [-0.15, -0.1) is 6.58 Å². The Morgan fingerprint density at radius 3 is 2.93 bits per heavy atom. The van der Waals surface area contributed by atoms with E-state index in [9.17, 15) is 4.79 Å². The fourth-order valence-corrected chi connectivity index (χ4v) is 2.29. The second-order valence-electron chi connectivity index (χ2n) is 4.26. The molecule has 1 aromatic carbocycles. The Morgan fingerprint density at radius 1 is 1.47 bits per heavy atom. The van der Waals surface area contributed by atoms with Gasteiger partial charge in [0.15, 0.2) is 5.78 Å². The molecule has 0 amide bonds. The molecule has 1 aromatic rings. The summed E-state index contributed by atoms with van der Waals surface area (Å²) in [5.74, 6) is 0.715. The summed E-state index contributed by atoms with van der Waals surface area (Å²) in [5, 5.41) is 0. The third-order valence-corrected chi connectivity index (χ3v) is 3.35. The van der Waals surface area contributed by atoms with Crippen LogP contribution >= 0.6 is 0 Å². The van der Waals surface area contributed by atoms with Crippen molar-refractivity contribution in [3.63, 3.8) is 0 Å². The number of Topliss-reactive ketones (excluding diaryl/α,β-unsaturated/α-hetero) is 1. The molecule has 1 heteroatoms. The highest BCUT2D eigenvalue weighted by molar-refractivity contribution is 6.00. The number of hydrogen-bond donors (Lipinski definition) is 0. The van der Waals surface area contributed by atoms with Gasteiger partial charge in [0.1, 0.15) is 0 Å². The van der Waals surface area contributed by atoms with Crippen molar-refractivity contribution in [2.24, 2.45) is 11.8 Å². The van der Waals surface area contributed by atoms with Gasteiger partial charge in [0.2, 0.25) is 0 Å². The molecule has 0 aromatic heterocycles. The number of rotatable bonds is 2. The Morgan fingerprint density at radius 2 is 2.20 bits per heavy atom. The first kappa shape index (κ1) is 10.2. The molecule has 0 fully saturated rings. The van der Waals surface area contributed by atoms with Crippen molar-refractivity contribution < 1.29 is 4.79 Å². The molecular weight excluding hydrogens is 184 g/mol. The van der Waals surface area contributed by atoms with Gasteiger partial charge in [0.05, 0.1) is 0 Å². The van der Waals surface area contributed by atoms with Crippen molar-refractivity contribution in [3.8, 4) is 0 Å². The first-order valence-electron chi connectivity index (χ1n) is 5.48. The van der Waals surface area contributed by atoms with Crippen LogP contribution in [0.25, 0.3) is 0 Å². The third-order valence-electron chi connectivity index (χ3n) is 3.35. The van der Waals surface area contributed by atoms with Crippen LogP contribution in [-0.4, -0.2) is 5.78 Å². The van der Waals surface area contributed by atoms with Crippen molar-refractivity contribution in [2.75, 3.05) is 0 Å². The molecule has 0 N–H and O–H groups in total. The van der Waals surface area contributed by atoms with E-state index >= 15 is 0 Å². The average Bonchev–Trinajstić information content (AvgIpc) is 2.29. The van der Waals surface area contributed by atoms with Crippen molar-refractivity contribution in [1.29, 1.82) is 0 Å². The molecule has 0 bridgehead atoms. The molecule has 2 unspecified atom stereocenters. The molecule has 0 heterocycles. The molecule has 1 aliphatic rings. The normalized spacial score (nSPS) is 21.9. The number of carbonyl (C=O) groups is 1. The number of ketones is 1. The highest BCUT2D eigenvalue weighted by Gasteiger charge is 2.29. The molecule has 0 spiro atoms. The Bertz CT molecular complexity index is 392. The summed E-state index contributed by atoms with van der Waals surface area (Å²) in [6.45, 7) is 5.85. The molecule has 0 saturated carbocycles. The zero-order chi connectivity index (χ0) is 10.8. The predicted octanol–water partition coefficient (Wildman–Crippen LogP) is 3.25. The highest BCUT2D eigenvalue weighted by Crippen LogP contribution is 2.30. The molecule has 0 aliphatic heterocycles. The van der Waals surface area contributed by atoms with E-state index in [-0.39, 0.29) is 11.8 Å². The summed E-state index contributed by atoms with van der Waals surface area (Å²) < 4.78 is 0. The minimum Gasteiger partial charge on any atom is -0.294 e. The van der Waals surface area contributed by atoms with E-state index in [1.165, 1.54) is 5.56 Å². The molecule has 2 atom stereocenters. The topological polar surface area (TPSA) is 17.1 Å². The lowest BCUT2D eigenvalue weighted by Crippen LogP contribution is -2.26. The standard InChI is InChI=1S/C14H16O/c1-3-10(2)12-9-8-11-6-4-5-7-13(11)14(12)15/h3-7,10,12H,1,8-9H2,2H3. The maximum Gasteiger partial charge on any atom is 0.166 e. The van der Waals surface area contributed by atoms with Crippen LogP contribution in [0.15, 0.2) is 36.9 Å². The fourth-order valence-electron chi connectivity index (χ4n) is 2.29. The van der Waals surface area contributed by atoms with Crippen LogP contribution in [-0.2, 0) is 6.42 Å². The lowest BCUT2D eigenvalue weighted by Gasteiger charge is -2.26. The third kappa shape index (κ3) is 1.74. The van der Waals surface area contributed by atoms with Gasteiger partial charge in [-0.1, -0.05) is 37.3 Å². The molecule has 15 heavy (non-hydrogen) atoms. The number of carbonyl (C=O) groups excluding carboxylic acids is 1. The van der Waals surface area contributed by atoms with Gasteiger partial charge in [-0.3, -0.25) is 4.79 Å². The van der Waals surface area contributed by atoms with Gasteiger partial charge in [0.25, 0.3) is 0 Å². The molecule has 0 radical (unpaired) electrons. The van der Waals surface area contributed by atoms with E-state index in [4.69, 9.17) is 0 Å². The van der Waals surface area contributed by atoms with Gasteiger partial charge in [-0.2, -0.15) is 0 Å². The lowest BCUT2D eigenvalue weighted by molar-refractivity contribution is 0.0874. The minimum absolute atomic E-state index is 0.136. The number of hydrogen-bond acceptors (Lipinski definition) is 1. The second kappa shape index (κ2) is 4.01. The molecular formula is C14H16O. The number of allylic oxidation sites excluding steroid dienone is 1. The SMILES string of the molecule is C=CC(C)C1CCc2ccccc2C1=O. The van der Waals surface area contributed by atoms with Crippen molar-refractivity contribution >= 4 is 5.78 Å². The van der Waals surface area contributed by atoms with E-state index < -0.39 is 0 Å². The summed E-state index contributed by atoms with van der Waals surface area (Å²) in [7, 11) is 0. The minimum atomic E-state index is 0.136.